The minimum absolute atomic E-state index is 0.0697. The summed E-state index contributed by atoms with van der Waals surface area (Å²) in [7, 11) is 2.79. The van der Waals surface area contributed by atoms with E-state index in [4.69, 9.17) is 9.47 Å². The lowest BCUT2D eigenvalue weighted by Crippen LogP contribution is -2.51. The van der Waals surface area contributed by atoms with Crippen LogP contribution in [0.5, 0.6) is 11.5 Å². The van der Waals surface area contributed by atoms with E-state index >= 15 is 0 Å². The van der Waals surface area contributed by atoms with Gasteiger partial charge in [-0.3, -0.25) is 4.79 Å². The summed E-state index contributed by atoms with van der Waals surface area (Å²) >= 11 is 0. The molecule has 8 heteroatoms. The van der Waals surface area contributed by atoms with E-state index < -0.39 is 24.2 Å². The number of rotatable bonds is 6. The van der Waals surface area contributed by atoms with Crippen LogP contribution in [0.15, 0.2) is 48.5 Å². The molecule has 0 aliphatic carbocycles. The zero-order valence-electron chi connectivity index (χ0n) is 14.1. The first kappa shape index (κ1) is 19.6. The molecule has 5 nitrogen and oxygen atoms in total. The fourth-order valence-corrected chi connectivity index (χ4v) is 2.37. The number of alkyl halides is 3. The molecule has 1 amide bonds. The molecule has 2 aromatic rings. The first-order chi connectivity index (χ1) is 12.2. The normalized spacial score (nSPS) is 13.6. The van der Waals surface area contributed by atoms with Gasteiger partial charge >= 0.3 is 6.18 Å². The van der Waals surface area contributed by atoms with Crippen molar-refractivity contribution >= 4 is 5.91 Å². The Morgan fingerprint density at radius 3 is 2.19 bits per heavy atom. The smallest absolute Gasteiger partial charge is 0.423 e. The number of halogens is 3. The monoisotopic (exact) mass is 369 g/mol. The van der Waals surface area contributed by atoms with Gasteiger partial charge in [-0.2, -0.15) is 13.2 Å². The fraction of sp³-hybridized carbons (Fsp3) is 0.278. The van der Waals surface area contributed by atoms with Crippen molar-refractivity contribution in [2.75, 3.05) is 20.8 Å². The average molecular weight is 369 g/mol. The first-order valence-electron chi connectivity index (χ1n) is 7.58. The lowest BCUT2D eigenvalue weighted by Gasteiger charge is -2.31. The number of amides is 1. The Bertz CT molecular complexity index is 765. The molecular weight excluding hydrogens is 351 g/mol. The van der Waals surface area contributed by atoms with Crippen LogP contribution in [0.2, 0.25) is 0 Å². The van der Waals surface area contributed by atoms with E-state index in [1.165, 1.54) is 50.6 Å². The van der Waals surface area contributed by atoms with Gasteiger partial charge < -0.3 is 19.9 Å². The summed E-state index contributed by atoms with van der Waals surface area (Å²) in [4.78, 5) is 12.2. The van der Waals surface area contributed by atoms with E-state index in [0.717, 1.165) is 12.1 Å². The van der Waals surface area contributed by atoms with E-state index in [2.05, 4.69) is 5.32 Å². The van der Waals surface area contributed by atoms with Crippen LogP contribution in [0.3, 0.4) is 0 Å². The number of nitrogens with one attached hydrogen (secondary N) is 1. The molecule has 0 bridgehead atoms. The highest BCUT2D eigenvalue weighted by Crippen LogP contribution is 2.38. The Kier molecular flexibility index (Phi) is 5.76. The summed E-state index contributed by atoms with van der Waals surface area (Å²) in [5.41, 5.74) is -3.50. The number of carbonyl (C=O) groups is 1. The maximum Gasteiger partial charge on any atom is 0.423 e. The Morgan fingerprint density at radius 1 is 1.04 bits per heavy atom. The van der Waals surface area contributed by atoms with Crippen LogP contribution in [-0.4, -0.2) is 38.0 Å². The third-order valence-corrected chi connectivity index (χ3v) is 3.87. The van der Waals surface area contributed by atoms with Crippen molar-refractivity contribution in [1.29, 1.82) is 0 Å². The van der Waals surface area contributed by atoms with Gasteiger partial charge in [0.1, 0.15) is 0 Å². The van der Waals surface area contributed by atoms with Gasteiger partial charge in [-0.05, 0) is 23.8 Å². The molecule has 0 fully saturated rings. The third-order valence-electron chi connectivity index (χ3n) is 3.87. The maximum absolute atomic E-state index is 13.4. The van der Waals surface area contributed by atoms with Gasteiger partial charge in [0, 0.05) is 5.56 Å². The number of hydrogen-bond acceptors (Lipinski definition) is 4. The number of carbonyl (C=O) groups excluding carboxylic acids is 1. The summed E-state index contributed by atoms with van der Waals surface area (Å²) in [6.07, 6.45) is -4.97. The van der Waals surface area contributed by atoms with E-state index in [9.17, 15) is 23.1 Å². The summed E-state index contributed by atoms with van der Waals surface area (Å²) < 4.78 is 50.4. The summed E-state index contributed by atoms with van der Waals surface area (Å²) in [5, 5.41) is 12.3. The van der Waals surface area contributed by atoms with Gasteiger partial charge in [0.05, 0.1) is 20.8 Å². The molecule has 1 atom stereocenters. The molecule has 1 unspecified atom stereocenters. The molecule has 2 rings (SSSR count). The van der Waals surface area contributed by atoms with Crippen LogP contribution in [0, 0.1) is 0 Å². The Morgan fingerprint density at radius 2 is 1.65 bits per heavy atom. The summed E-state index contributed by atoms with van der Waals surface area (Å²) in [6.45, 7) is -1.03. The van der Waals surface area contributed by atoms with Crippen LogP contribution in [0.25, 0.3) is 0 Å². The van der Waals surface area contributed by atoms with Crippen molar-refractivity contribution in [3.63, 3.8) is 0 Å². The van der Waals surface area contributed by atoms with E-state index in [-0.39, 0.29) is 16.9 Å². The molecule has 0 aliphatic rings. The number of hydrogen-bond donors (Lipinski definition) is 2. The Balaban J connectivity index is 2.23. The highest BCUT2D eigenvalue weighted by molar-refractivity contribution is 5.95. The molecule has 2 aromatic carbocycles. The molecule has 0 spiro atoms. The fourth-order valence-electron chi connectivity index (χ4n) is 2.37. The predicted octanol–water partition coefficient (Wildman–Crippen LogP) is 2.88. The van der Waals surface area contributed by atoms with Crippen molar-refractivity contribution < 1.29 is 32.5 Å². The van der Waals surface area contributed by atoms with Crippen molar-refractivity contribution in [2.24, 2.45) is 0 Å². The van der Waals surface area contributed by atoms with E-state index in [1.807, 2.05) is 0 Å². The minimum Gasteiger partial charge on any atom is -0.493 e. The maximum atomic E-state index is 13.4. The van der Waals surface area contributed by atoms with Gasteiger partial charge in [-0.15, -0.1) is 0 Å². The zero-order chi connectivity index (χ0) is 19.4. The van der Waals surface area contributed by atoms with Gasteiger partial charge in [-0.1, -0.05) is 30.3 Å². The van der Waals surface area contributed by atoms with Gasteiger partial charge in [0.25, 0.3) is 5.91 Å². The molecule has 0 aliphatic heterocycles. The Labute approximate surface area is 148 Å². The topological polar surface area (TPSA) is 67.8 Å². The molecule has 2 N–H and O–H groups in total. The highest BCUT2D eigenvalue weighted by Gasteiger charge is 2.55. The second-order valence-electron chi connectivity index (χ2n) is 5.48. The predicted molar refractivity (Wildman–Crippen MR) is 88.3 cm³/mol. The molecule has 140 valence electrons. The number of methoxy groups -OCH3 is 2. The van der Waals surface area contributed by atoms with Gasteiger partial charge in [0.15, 0.2) is 11.5 Å². The molecule has 0 heterocycles. The quantitative estimate of drug-likeness (QED) is 0.822. The van der Waals surface area contributed by atoms with E-state index in [0.29, 0.717) is 5.75 Å². The molecule has 26 heavy (non-hydrogen) atoms. The Hall–Kier alpha value is -2.74. The summed E-state index contributed by atoms with van der Waals surface area (Å²) in [6, 6.07) is 10.8. The second kappa shape index (κ2) is 7.65. The molecule has 0 radical (unpaired) electrons. The standard InChI is InChI=1S/C18H18F3NO4/c1-25-14-9-8-12(10-15(14)26-2)16(23)22-11-17(24,18(19,20)21)13-6-4-3-5-7-13/h3-10,24H,11H2,1-2H3,(H,22,23). The molecule has 0 aromatic heterocycles. The van der Waals surface area contributed by atoms with Crippen molar-refractivity contribution in [3.8, 4) is 11.5 Å². The first-order valence-corrected chi connectivity index (χ1v) is 7.58. The van der Waals surface area contributed by atoms with E-state index in [1.54, 1.807) is 0 Å². The average Bonchev–Trinajstić information content (AvgIpc) is 2.64. The van der Waals surface area contributed by atoms with Crippen molar-refractivity contribution in [1.82, 2.24) is 5.32 Å². The van der Waals surface area contributed by atoms with Crippen LogP contribution >= 0.6 is 0 Å². The largest absolute Gasteiger partial charge is 0.493 e. The van der Waals surface area contributed by atoms with Gasteiger partial charge in [-0.25, -0.2) is 0 Å². The van der Waals surface area contributed by atoms with Crippen LogP contribution in [0.1, 0.15) is 15.9 Å². The lowest BCUT2D eigenvalue weighted by molar-refractivity contribution is -0.263. The minimum atomic E-state index is -4.97. The molecular formula is C18H18F3NO4. The SMILES string of the molecule is COc1ccc(C(=O)NCC(O)(c2ccccc2)C(F)(F)F)cc1OC. The van der Waals surface area contributed by atoms with Crippen molar-refractivity contribution in [2.45, 2.75) is 11.8 Å². The lowest BCUT2D eigenvalue weighted by atomic mass is 9.93. The molecule has 0 saturated heterocycles. The van der Waals surface area contributed by atoms with Crippen LogP contribution in [-0.2, 0) is 5.60 Å². The second-order valence-corrected chi connectivity index (χ2v) is 5.48. The zero-order valence-corrected chi connectivity index (χ0v) is 14.1. The van der Waals surface area contributed by atoms with Gasteiger partial charge in [0.2, 0.25) is 5.60 Å². The summed E-state index contributed by atoms with van der Waals surface area (Å²) in [5.74, 6) is -0.154. The molecule has 0 saturated carbocycles. The number of benzene rings is 2. The van der Waals surface area contributed by atoms with Crippen LogP contribution < -0.4 is 14.8 Å². The van der Waals surface area contributed by atoms with Crippen LogP contribution in [0.4, 0.5) is 13.2 Å². The number of ether oxygens (including phenoxy) is 2. The number of aliphatic hydroxyl groups is 1. The highest BCUT2D eigenvalue weighted by atomic mass is 19.4. The van der Waals surface area contributed by atoms with Crippen molar-refractivity contribution in [3.05, 3.63) is 59.7 Å². The third kappa shape index (κ3) is 3.91.